The number of rotatable bonds is 6. The molecule has 0 saturated carbocycles. The molecule has 6 heteroatoms. The number of nitrogens with zero attached hydrogens (tertiary/aromatic N) is 2. The highest BCUT2D eigenvalue weighted by molar-refractivity contribution is 5.34. The number of ether oxygens (including phenoxy) is 1. The Morgan fingerprint density at radius 2 is 2.25 bits per heavy atom. The molecule has 0 saturated heterocycles. The maximum atomic E-state index is 13.3. The molecule has 108 valence electrons. The normalized spacial score (nSPS) is 12.4. The summed E-state index contributed by atoms with van der Waals surface area (Å²) in [6, 6.07) is 4.31. The zero-order chi connectivity index (χ0) is 14.5. The summed E-state index contributed by atoms with van der Waals surface area (Å²) in [5.74, 6) is 1.32. The minimum absolute atomic E-state index is 0.0731. The van der Waals surface area contributed by atoms with E-state index < -0.39 is 0 Å². The molecule has 1 aromatic heterocycles. The van der Waals surface area contributed by atoms with Crippen molar-refractivity contribution in [2.75, 3.05) is 0 Å². The van der Waals surface area contributed by atoms with E-state index in [-0.39, 0.29) is 18.5 Å². The van der Waals surface area contributed by atoms with E-state index in [1.165, 1.54) is 12.1 Å². The molecule has 0 fully saturated rings. The lowest BCUT2D eigenvalue weighted by molar-refractivity contribution is 0.282. The first-order valence-electron chi connectivity index (χ1n) is 6.56. The number of hydrogen-bond acceptors (Lipinski definition) is 5. The van der Waals surface area contributed by atoms with Crippen molar-refractivity contribution in [3.8, 4) is 5.75 Å². The van der Waals surface area contributed by atoms with Crippen LogP contribution in [0.2, 0.25) is 0 Å². The Morgan fingerprint density at radius 3 is 2.90 bits per heavy atom. The van der Waals surface area contributed by atoms with Gasteiger partial charge in [0.15, 0.2) is 6.61 Å². The second-order valence-electron chi connectivity index (χ2n) is 4.68. The number of nitrogens with two attached hydrogens (primary N) is 1. The van der Waals surface area contributed by atoms with Crippen LogP contribution in [0.4, 0.5) is 4.39 Å². The molecule has 1 atom stereocenters. The molecule has 2 aromatic rings. The van der Waals surface area contributed by atoms with Crippen LogP contribution >= 0.6 is 0 Å². The van der Waals surface area contributed by atoms with E-state index in [4.69, 9.17) is 15.0 Å². The van der Waals surface area contributed by atoms with Crippen molar-refractivity contribution >= 4 is 0 Å². The molecule has 20 heavy (non-hydrogen) atoms. The molecular weight excluding hydrogens is 261 g/mol. The van der Waals surface area contributed by atoms with Crippen LogP contribution in [-0.2, 0) is 19.4 Å². The van der Waals surface area contributed by atoms with Crippen molar-refractivity contribution in [1.82, 2.24) is 10.1 Å². The molecule has 0 spiro atoms. The van der Waals surface area contributed by atoms with Crippen LogP contribution in [0.5, 0.6) is 5.75 Å². The van der Waals surface area contributed by atoms with E-state index in [1.54, 1.807) is 6.07 Å². The number of halogens is 1. The van der Waals surface area contributed by atoms with E-state index in [0.717, 1.165) is 5.56 Å². The molecule has 1 unspecified atom stereocenters. The van der Waals surface area contributed by atoms with Gasteiger partial charge in [-0.05, 0) is 37.1 Å². The Hall–Kier alpha value is -1.95. The van der Waals surface area contributed by atoms with Gasteiger partial charge in [0.25, 0.3) is 0 Å². The first-order valence-corrected chi connectivity index (χ1v) is 6.56. The standard InChI is InChI=1S/C14H18FN3O2/c1-3-14-17-13(18-20-14)8-19-12-5-4-11(15)7-10(12)6-9(2)16/h4-5,7,9H,3,6,8,16H2,1-2H3. The van der Waals surface area contributed by atoms with Gasteiger partial charge in [0.2, 0.25) is 11.7 Å². The molecule has 0 aliphatic heterocycles. The molecule has 2 rings (SSSR count). The van der Waals surface area contributed by atoms with Crippen molar-refractivity contribution in [2.24, 2.45) is 5.73 Å². The first-order chi connectivity index (χ1) is 9.58. The van der Waals surface area contributed by atoms with Crippen LogP contribution < -0.4 is 10.5 Å². The number of aryl methyl sites for hydroxylation is 1. The molecule has 0 bridgehead atoms. The molecule has 0 radical (unpaired) electrons. The molecule has 0 aliphatic rings. The third-order valence-electron chi connectivity index (χ3n) is 2.73. The van der Waals surface area contributed by atoms with Gasteiger partial charge in [-0.25, -0.2) is 4.39 Å². The molecule has 0 aliphatic carbocycles. The summed E-state index contributed by atoms with van der Waals surface area (Å²) < 4.78 is 23.9. The van der Waals surface area contributed by atoms with Gasteiger partial charge < -0.3 is 15.0 Å². The van der Waals surface area contributed by atoms with Gasteiger partial charge in [-0.15, -0.1) is 0 Å². The van der Waals surface area contributed by atoms with Gasteiger partial charge in [-0.2, -0.15) is 4.98 Å². The van der Waals surface area contributed by atoms with Crippen molar-refractivity contribution in [2.45, 2.75) is 39.3 Å². The zero-order valence-electron chi connectivity index (χ0n) is 11.6. The Kier molecular flexibility index (Phi) is 4.68. The Balaban J connectivity index is 2.08. The highest BCUT2D eigenvalue weighted by Gasteiger charge is 2.10. The Bertz CT molecular complexity index is 569. The summed E-state index contributed by atoms with van der Waals surface area (Å²) in [7, 11) is 0. The highest BCUT2D eigenvalue weighted by Crippen LogP contribution is 2.22. The van der Waals surface area contributed by atoms with Crippen molar-refractivity contribution in [1.29, 1.82) is 0 Å². The molecular formula is C14H18FN3O2. The van der Waals surface area contributed by atoms with Crippen molar-refractivity contribution in [3.05, 3.63) is 41.3 Å². The molecule has 1 heterocycles. The lowest BCUT2D eigenvalue weighted by Crippen LogP contribution is -2.18. The maximum Gasteiger partial charge on any atom is 0.226 e. The maximum absolute atomic E-state index is 13.3. The average molecular weight is 279 g/mol. The predicted octanol–water partition coefficient (Wildman–Crippen LogP) is 2.24. The Morgan fingerprint density at radius 1 is 1.45 bits per heavy atom. The SMILES string of the molecule is CCc1nc(COc2ccc(F)cc2CC(C)N)no1. The quantitative estimate of drug-likeness (QED) is 0.877. The van der Waals surface area contributed by atoms with Gasteiger partial charge >= 0.3 is 0 Å². The van der Waals surface area contributed by atoms with Crippen LogP contribution in [0, 0.1) is 5.82 Å². The lowest BCUT2D eigenvalue weighted by atomic mass is 10.1. The largest absolute Gasteiger partial charge is 0.485 e. The monoisotopic (exact) mass is 279 g/mol. The van der Waals surface area contributed by atoms with Crippen LogP contribution in [0.25, 0.3) is 0 Å². The number of aromatic nitrogens is 2. The van der Waals surface area contributed by atoms with Crippen LogP contribution in [-0.4, -0.2) is 16.2 Å². The molecule has 2 N–H and O–H groups in total. The van der Waals surface area contributed by atoms with Crippen LogP contribution in [0.3, 0.4) is 0 Å². The molecule has 0 amide bonds. The van der Waals surface area contributed by atoms with E-state index in [9.17, 15) is 4.39 Å². The summed E-state index contributed by atoms with van der Waals surface area (Å²) in [4.78, 5) is 4.15. The van der Waals surface area contributed by atoms with Gasteiger partial charge in [0.05, 0.1) is 0 Å². The van der Waals surface area contributed by atoms with Gasteiger partial charge in [-0.3, -0.25) is 0 Å². The van der Waals surface area contributed by atoms with Crippen molar-refractivity contribution in [3.63, 3.8) is 0 Å². The summed E-state index contributed by atoms with van der Waals surface area (Å²) >= 11 is 0. The van der Waals surface area contributed by atoms with Gasteiger partial charge in [-0.1, -0.05) is 12.1 Å². The third kappa shape index (κ3) is 3.77. The predicted molar refractivity (Wildman–Crippen MR) is 71.8 cm³/mol. The zero-order valence-corrected chi connectivity index (χ0v) is 11.6. The minimum atomic E-state index is -0.305. The lowest BCUT2D eigenvalue weighted by Gasteiger charge is -2.12. The van der Waals surface area contributed by atoms with Crippen LogP contribution in [0.15, 0.2) is 22.7 Å². The fourth-order valence-corrected chi connectivity index (χ4v) is 1.83. The number of hydrogen-bond donors (Lipinski definition) is 1. The molecule has 1 aromatic carbocycles. The van der Waals surface area contributed by atoms with E-state index in [0.29, 0.717) is 30.3 Å². The molecule has 5 nitrogen and oxygen atoms in total. The fourth-order valence-electron chi connectivity index (χ4n) is 1.83. The first kappa shape index (κ1) is 14.5. The summed E-state index contributed by atoms with van der Waals surface area (Å²) in [5.41, 5.74) is 6.49. The van der Waals surface area contributed by atoms with Gasteiger partial charge in [0, 0.05) is 12.5 Å². The van der Waals surface area contributed by atoms with Crippen molar-refractivity contribution < 1.29 is 13.7 Å². The Labute approximate surface area is 116 Å². The van der Waals surface area contributed by atoms with Crippen LogP contribution in [0.1, 0.15) is 31.1 Å². The summed E-state index contributed by atoms with van der Waals surface area (Å²) in [6.07, 6.45) is 1.22. The second kappa shape index (κ2) is 6.47. The third-order valence-corrected chi connectivity index (χ3v) is 2.73. The summed E-state index contributed by atoms with van der Waals surface area (Å²) in [6.45, 7) is 3.97. The average Bonchev–Trinajstić information content (AvgIpc) is 2.85. The topological polar surface area (TPSA) is 74.2 Å². The smallest absolute Gasteiger partial charge is 0.226 e. The highest BCUT2D eigenvalue weighted by atomic mass is 19.1. The van der Waals surface area contributed by atoms with E-state index in [2.05, 4.69) is 10.1 Å². The fraction of sp³-hybridized carbons (Fsp3) is 0.429. The minimum Gasteiger partial charge on any atom is -0.485 e. The van der Waals surface area contributed by atoms with E-state index in [1.807, 2.05) is 13.8 Å². The summed E-state index contributed by atoms with van der Waals surface area (Å²) in [5, 5.41) is 3.80. The second-order valence-corrected chi connectivity index (χ2v) is 4.68. The van der Waals surface area contributed by atoms with Gasteiger partial charge in [0.1, 0.15) is 11.6 Å². The number of benzene rings is 1. The van der Waals surface area contributed by atoms with E-state index >= 15 is 0 Å².